The number of hydrogen-bond acceptors (Lipinski definition) is 0. The molecule has 0 aliphatic rings. The second-order valence-electron chi connectivity index (χ2n) is 3.04. The van der Waals surface area contributed by atoms with Gasteiger partial charge in [0.15, 0.2) is 0 Å². The van der Waals surface area contributed by atoms with Crippen LogP contribution in [0.5, 0.6) is 0 Å². The van der Waals surface area contributed by atoms with Crippen molar-refractivity contribution < 1.29 is 4.39 Å². The van der Waals surface area contributed by atoms with E-state index in [9.17, 15) is 4.39 Å². The van der Waals surface area contributed by atoms with Crippen molar-refractivity contribution in [2.75, 3.05) is 0 Å². The summed E-state index contributed by atoms with van der Waals surface area (Å²) < 4.78 is 13.4. The molecule has 0 bridgehead atoms. The largest absolute Gasteiger partial charge is 0.206 e. The van der Waals surface area contributed by atoms with Crippen molar-refractivity contribution in [3.63, 3.8) is 0 Å². The molecule has 1 rings (SSSR count). The van der Waals surface area contributed by atoms with Crippen LogP contribution in [0.2, 0.25) is 0 Å². The Kier molecular flexibility index (Phi) is 2.64. The third-order valence-electron chi connectivity index (χ3n) is 1.84. The zero-order chi connectivity index (χ0) is 9.14. The molecule has 63 valence electrons. The smallest absolute Gasteiger partial charge is 0.134 e. The predicted molar refractivity (Wildman–Crippen MR) is 48.5 cm³/mol. The molecule has 0 amide bonds. The highest BCUT2D eigenvalue weighted by Gasteiger charge is 2.08. The minimum Gasteiger partial charge on any atom is -0.206 e. The number of rotatable bonds is 2. The molecular formula is C11H12F. The van der Waals surface area contributed by atoms with E-state index in [1.807, 2.05) is 19.9 Å². The lowest BCUT2D eigenvalue weighted by molar-refractivity contribution is 0.593. The van der Waals surface area contributed by atoms with Gasteiger partial charge in [0, 0.05) is 5.56 Å². The maximum Gasteiger partial charge on any atom is 0.134 e. The van der Waals surface area contributed by atoms with Crippen LogP contribution in [0.4, 0.5) is 4.39 Å². The highest BCUT2D eigenvalue weighted by molar-refractivity contribution is 5.31. The average molecular weight is 163 g/mol. The van der Waals surface area contributed by atoms with Crippen LogP contribution in [0.3, 0.4) is 0 Å². The summed E-state index contributed by atoms with van der Waals surface area (Å²) in [4.78, 5) is 0. The quantitative estimate of drug-likeness (QED) is 0.627. The summed E-state index contributed by atoms with van der Waals surface area (Å²) >= 11 is 0. The summed E-state index contributed by atoms with van der Waals surface area (Å²) in [5, 5.41) is 0. The molecule has 0 heterocycles. The molecule has 1 heteroatoms. The van der Waals surface area contributed by atoms with E-state index in [1.165, 1.54) is 0 Å². The van der Waals surface area contributed by atoms with E-state index in [2.05, 4.69) is 12.7 Å². The van der Waals surface area contributed by atoms with Crippen molar-refractivity contribution in [1.29, 1.82) is 0 Å². The molecule has 1 aromatic carbocycles. The zero-order valence-electron chi connectivity index (χ0n) is 7.39. The lowest BCUT2D eigenvalue weighted by Gasteiger charge is -2.07. The summed E-state index contributed by atoms with van der Waals surface area (Å²) in [6.07, 6.45) is 2.57. The number of hydrogen-bond donors (Lipinski definition) is 0. The van der Waals surface area contributed by atoms with Crippen LogP contribution in [-0.4, -0.2) is 0 Å². The Morgan fingerprint density at radius 3 is 2.58 bits per heavy atom. The van der Waals surface area contributed by atoms with Crippen LogP contribution >= 0.6 is 0 Å². The topological polar surface area (TPSA) is 0 Å². The average Bonchev–Trinajstić information content (AvgIpc) is 2.04. The molecule has 0 atom stereocenters. The van der Waals surface area contributed by atoms with E-state index in [0.717, 1.165) is 5.56 Å². The molecule has 0 aliphatic heterocycles. The van der Waals surface area contributed by atoms with Crippen molar-refractivity contribution in [2.24, 2.45) is 0 Å². The van der Waals surface area contributed by atoms with Crippen LogP contribution in [-0.2, 0) is 0 Å². The molecule has 0 saturated carbocycles. The minimum absolute atomic E-state index is 0.192. The summed E-state index contributed by atoms with van der Waals surface area (Å²) in [6.45, 7) is 7.35. The first kappa shape index (κ1) is 8.98. The van der Waals surface area contributed by atoms with Crippen molar-refractivity contribution in [1.82, 2.24) is 0 Å². The fourth-order valence-electron chi connectivity index (χ4n) is 1.13. The minimum atomic E-state index is -0.192. The normalized spacial score (nSPS) is 10.3. The van der Waals surface area contributed by atoms with Gasteiger partial charge in [0.25, 0.3) is 0 Å². The van der Waals surface area contributed by atoms with Gasteiger partial charge in [-0.15, -0.1) is 0 Å². The fourth-order valence-corrected chi connectivity index (χ4v) is 1.13. The SMILES string of the molecule is C=[C]c1cccc(C(C)C)c1F. The van der Waals surface area contributed by atoms with Gasteiger partial charge in [0.1, 0.15) is 5.82 Å². The van der Waals surface area contributed by atoms with Crippen LogP contribution in [0.25, 0.3) is 0 Å². The Morgan fingerprint density at radius 2 is 2.08 bits per heavy atom. The van der Waals surface area contributed by atoms with Gasteiger partial charge in [0.05, 0.1) is 0 Å². The van der Waals surface area contributed by atoms with Gasteiger partial charge in [-0.2, -0.15) is 0 Å². The van der Waals surface area contributed by atoms with Crippen LogP contribution in [0.15, 0.2) is 24.8 Å². The Balaban J connectivity index is 3.22. The van der Waals surface area contributed by atoms with Crippen molar-refractivity contribution in [3.05, 3.63) is 47.8 Å². The van der Waals surface area contributed by atoms with E-state index in [-0.39, 0.29) is 11.7 Å². The van der Waals surface area contributed by atoms with E-state index >= 15 is 0 Å². The lowest BCUT2D eigenvalue weighted by atomic mass is 10.00. The van der Waals surface area contributed by atoms with Crippen LogP contribution in [0.1, 0.15) is 30.9 Å². The number of halogens is 1. The summed E-state index contributed by atoms with van der Waals surface area (Å²) in [6, 6.07) is 5.29. The van der Waals surface area contributed by atoms with Gasteiger partial charge < -0.3 is 0 Å². The zero-order valence-corrected chi connectivity index (χ0v) is 7.39. The maximum atomic E-state index is 13.4. The van der Waals surface area contributed by atoms with Gasteiger partial charge in [-0.1, -0.05) is 38.6 Å². The van der Waals surface area contributed by atoms with E-state index < -0.39 is 0 Å². The van der Waals surface area contributed by atoms with Crippen LogP contribution < -0.4 is 0 Å². The molecule has 0 unspecified atom stereocenters. The molecular weight excluding hydrogens is 151 g/mol. The van der Waals surface area contributed by atoms with Gasteiger partial charge >= 0.3 is 0 Å². The van der Waals surface area contributed by atoms with Crippen molar-refractivity contribution >= 4 is 0 Å². The first-order valence-corrected chi connectivity index (χ1v) is 3.98. The Labute approximate surface area is 72.7 Å². The Hall–Kier alpha value is -1.11. The molecule has 0 nitrogen and oxygen atoms in total. The molecule has 12 heavy (non-hydrogen) atoms. The van der Waals surface area contributed by atoms with Crippen molar-refractivity contribution in [3.8, 4) is 0 Å². The second-order valence-corrected chi connectivity index (χ2v) is 3.04. The molecule has 0 fully saturated rings. The first-order chi connectivity index (χ1) is 5.66. The Morgan fingerprint density at radius 1 is 1.42 bits per heavy atom. The molecule has 0 aromatic heterocycles. The number of benzene rings is 1. The third kappa shape index (κ3) is 1.55. The van der Waals surface area contributed by atoms with E-state index in [0.29, 0.717) is 5.56 Å². The molecule has 0 spiro atoms. The molecule has 0 saturated heterocycles. The standard InChI is InChI=1S/C11H12F/c1-4-9-6-5-7-10(8(2)3)11(9)12/h5-8H,1H2,2-3H3. The monoisotopic (exact) mass is 163 g/mol. The highest BCUT2D eigenvalue weighted by Crippen LogP contribution is 2.20. The summed E-state index contributed by atoms with van der Waals surface area (Å²) in [5.41, 5.74) is 1.19. The van der Waals surface area contributed by atoms with Gasteiger partial charge in [-0.3, -0.25) is 0 Å². The van der Waals surface area contributed by atoms with Gasteiger partial charge in [0.2, 0.25) is 0 Å². The maximum absolute atomic E-state index is 13.4. The summed E-state index contributed by atoms with van der Waals surface area (Å²) in [7, 11) is 0. The van der Waals surface area contributed by atoms with E-state index in [1.54, 1.807) is 12.1 Å². The lowest BCUT2D eigenvalue weighted by Crippen LogP contribution is -1.95. The predicted octanol–water partition coefficient (Wildman–Crippen LogP) is 3.29. The Bertz CT molecular complexity index is 287. The molecule has 1 aromatic rings. The van der Waals surface area contributed by atoms with Gasteiger partial charge in [-0.05, 0) is 17.6 Å². The van der Waals surface area contributed by atoms with E-state index in [4.69, 9.17) is 0 Å². The molecule has 0 N–H and O–H groups in total. The fraction of sp³-hybridized carbons (Fsp3) is 0.273. The molecule has 1 radical (unpaired) electrons. The van der Waals surface area contributed by atoms with Crippen molar-refractivity contribution in [2.45, 2.75) is 19.8 Å². The third-order valence-corrected chi connectivity index (χ3v) is 1.84. The highest BCUT2D eigenvalue weighted by atomic mass is 19.1. The first-order valence-electron chi connectivity index (χ1n) is 3.98. The van der Waals surface area contributed by atoms with Crippen LogP contribution in [0, 0.1) is 11.9 Å². The van der Waals surface area contributed by atoms with Gasteiger partial charge in [-0.25, -0.2) is 4.39 Å². The second kappa shape index (κ2) is 3.53. The summed E-state index contributed by atoms with van der Waals surface area (Å²) in [5.74, 6) is 0.0146. The molecule has 0 aliphatic carbocycles.